The molecular weight excluding hydrogens is 613 g/mol. The standard InChI is InChI=1S/C30H41F3N6O5S/c1-20(40)37-12-7-21(8-13-37)29(42)34-16-23-15-22(5-6-26(23)30(31,32)33)28-25-19-38(45(2,43)44)14-9-27(25)39(35-28)18-24(41)17-36-10-3-4-11-36/h5-6,15,21,24,41H,3-4,7-14,16-19H2,1-2H3,(H,34,42). The number of β-amino-alcohol motifs (C(OH)–C–C–N with tert-alkyl or cyclic N) is 1. The summed E-state index contributed by atoms with van der Waals surface area (Å²) in [6.45, 7) is 4.64. The van der Waals surface area contributed by atoms with Crippen LogP contribution in [0.1, 0.15) is 55.0 Å². The number of hydrogen-bond acceptors (Lipinski definition) is 7. The fourth-order valence-corrected chi connectivity index (χ4v) is 7.39. The van der Waals surface area contributed by atoms with E-state index in [-0.39, 0.29) is 43.6 Å². The number of sulfonamides is 1. The molecule has 1 aromatic carbocycles. The van der Waals surface area contributed by atoms with E-state index in [1.165, 1.54) is 23.4 Å². The molecule has 2 amide bonds. The predicted molar refractivity (Wildman–Crippen MR) is 160 cm³/mol. The highest BCUT2D eigenvalue weighted by atomic mass is 32.2. The van der Waals surface area contributed by atoms with E-state index in [4.69, 9.17) is 5.10 Å². The van der Waals surface area contributed by atoms with Crippen LogP contribution in [-0.4, -0.2) is 101 Å². The lowest BCUT2D eigenvalue weighted by Crippen LogP contribution is -2.42. The van der Waals surface area contributed by atoms with E-state index in [1.807, 2.05) is 0 Å². The van der Waals surface area contributed by atoms with Gasteiger partial charge in [-0.25, -0.2) is 8.42 Å². The Morgan fingerprint density at radius 1 is 1.09 bits per heavy atom. The molecule has 11 nitrogen and oxygen atoms in total. The summed E-state index contributed by atoms with van der Waals surface area (Å²) in [7, 11) is -3.55. The molecule has 3 aliphatic rings. The van der Waals surface area contributed by atoms with Gasteiger partial charge in [0.25, 0.3) is 0 Å². The predicted octanol–water partition coefficient (Wildman–Crippen LogP) is 2.22. The van der Waals surface area contributed by atoms with E-state index in [2.05, 4.69) is 10.2 Å². The van der Waals surface area contributed by atoms with Crippen molar-refractivity contribution in [1.82, 2.24) is 29.2 Å². The van der Waals surface area contributed by atoms with Crippen LogP contribution in [0.3, 0.4) is 0 Å². The number of piperidine rings is 1. The van der Waals surface area contributed by atoms with E-state index in [1.54, 1.807) is 9.58 Å². The maximum Gasteiger partial charge on any atom is 0.416 e. The zero-order valence-electron chi connectivity index (χ0n) is 25.6. The lowest BCUT2D eigenvalue weighted by atomic mass is 9.95. The lowest BCUT2D eigenvalue weighted by molar-refractivity contribution is -0.138. The number of carbonyl (C=O) groups excluding carboxylic acids is 2. The van der Waals surface area contributed by atoms with Crippen molar-refractivity contribution >= 4 is 21.8 Å². The third-order valence-electron chi connectivity index (χ3n) is 9.07. The molecule has 15 heteroatoms. The van der Waals surface area contributed by atoms with Crippen molar-refractivity contribution in [2.75, 3.05) is 45.5 Å². The van der Waals surface area contributed by atoms with Gasteiger partial charge >= 0.3 is 6.18 Å². The van der Waals surface area contributed by atoms with E-state index in [9.17, 15) is 36.3 Å². The maximum atomic E-state index is 14.1. The summed E-state index contributed by atoms with van der Waals surface area (Å²) >= 11 is 0. The largest absolute Gasteiger partial charge is 0.416 e. The molecule has 1 aromatic heterocycles. The number of fused-ring (bicyclic) bond motifs is 1. The van der Waals surface area contributed by atoms with Gasteiger partial charge < -0.3 is 20.2 Å². The fraction of sp³-hybridized carbons (Fsp3) is 0.633. The van der Waals surface area contributed by atoms with E-state index >= 15 is 0 Å². The maximum absolute atomic E-state index is 14.1. The summed E-state index contributed by atoms with van der Waals surface area (Å²) in [5.74, 6) is -0.852. The molecular formula is C30H41F3N6O5S. The summed E-state index contributed by atoms with van der Waals surface area (Å²) < 4.78 is 70.1. The molecule has 45 heavy (non-hydrogen) atoms. The number of benzene rings is 1. The second kappa shape index (κ2) is 13.4. The first-order chi connectivity index (χ1) is 21.2. The smallest absolute Gasteiger partial charge is 0.390 e. The second-order valence-electron chi connectivity index (χ2n) is 12.3. The molecule has 2 saturated heterocycles. The molecule has 0 aliphatic carbocycles. The van der Waals surface area contributed by atoms with Gasteiger partial charge in [-0.05, 0) is 56.5 Å². The highest BCUT2D eigenvalue weighted by Crippen LogP contribution is 2.37. The third-order valence-corrected chi connectivity index (χ3v) is 10.3. The average Bonchev–Trinajstić information content (AvgIpc) is 3.62. The Morgan fingerprint density at radius 3 is 2.40 bits per heavy atom. The van der Waals surface area contributed by atoms with Crippen molar-refractivity contribution in [2.45, 2.75) is 70.9 Å². The summed E-state index contributed by atoms with van der Waals surface area (Å²) in [5.41, 5.74) is 1.03. The molecule has 2 fully saturated rings. The van der Waals surface area contributed by atoms with Gasteiger partial charge in [0, 0.05) is 75.4 Å². The Labute approximate surface area is 261 Å². The van der Waals surface area contributed by atoms with Gasteiger partial charge in [-0.2, -0.15) is 22.6 Å². The van der Waals surface area contributed by atoms with Gasteiger partial charge in [-0.15, -0.1) is 0 Å². The number of alkyl halides is 3. The van der Waals surface area contributed by atoms with Crippen LogP contribution in [0.2, 0.25) is 0 Å². The molecule has 2 N–H and O–H groups in total. The molecule has 5 rings (SSSR count). The molecule has 3 aliphatic heterocycles. The molecule has 1 unspecified atom stereocenters. The van der Waals surface area contributed by atoms with E-state index in [0.29, 0.717) is 55.7 Å². The van der Waals surface area contributed by atoms with Gasteiger partial charge in [-0.1, -0.05) is 6.07 Å². The summed E-state index contributed by atoms with van der Waals surface area (Å²) in [4.78, 5) is 28.3. The van der Waals surface area contributed by atoms with Gasteiger partial charge in [0.1, 0.15) is 0 Å². The van der Waals surface area contributed by atoms with Gasteiger partial charge in [0.2, 0.25) is 21.8 Å². The molecule has 0 bridgehead atoms. The number of hydrogen-bond donors (Lipinski definition) is 2. The first-order valence-electron chi connectivity index (χ1n) is 15.4. The molecule has 0 radical (unpaired) electrons. The Kier molecular flexibility index (Phi) is 9.92. The number of aliphatic hydroxyl groups excluding tert-OH is 1. The molecule has 0 spiro atoms. The lowest BCUT2D eigenvalue weighted by Gasteiger charge is -2.30. The number of nitrogens with zero attached hydrogens (tertiary/aromatic N) is 5. The molecule has 2 aromatic rings. The minimum atomic E-state index is -4.67. The topological polar surface area (TPSA) is 128 Å². The van der Waals surface area contributed by atoms with Crippen molar-refractivity contribution in [2.24, 2.45) is 5.92 Å². The summed E-state index contributed by atoms with van der Waals surface area (Å²) in [5, 5.41) is 18.3. The van der Waals surface area contributed by atoms with Crippen molar-refractivity contribution in [3.05, 3.63) is 40.6 Å². The number of halogens is 3. The van der Waals surface area contributed by atoms with Crippen molar-refractivity contribution in [1.29, 1.82) is 0 Å². The zero-order valence-corrected chi connectivity index (χ0v) is 26.5. The van der Waals surface area contributed by atoms with E-state index < -0.39 is 33.8 Å². The Morgan fingerprint density at radius 2 is 1.78 bits per heavy atom. The molecule has 248 valence electrons. The first kappa shape index (κ1) is 33.4. The van der Waals surface area contributed by atoms with E-state index in [0.717, 1.165) is 43.9 Å². The SMILES string of the molecule is CC(=O)N1CCC(C(=O)NCc2cc(-c3nn(CC(O)CN4CCCC4)c4c3CN(S(C)(=O)=O)CC4)ccc2C(F)(F)F)CC1. The highest BCUT2D eigenvalue weighted by molar-refractivity contribution is 7.88. The van der Waals surface area contributed by atoms with Crippen LogP contribution in [0.15, 0.2) is 18.2 Å². The average molecular weight is 655 g/mol. The number of rotatable bonds is 9. The Bertz CT molecular complexity index is 1510. The van der Waals surface area contributed by atoms with Gasteiger partial charge in [0.05, 0.1) is 30.2 Å². The number of nitrogens with one attached hydrogen (secondary N) is 1. The fourth-order valence-electron chi connectivity index (χ4n) is 6.60. The van der Waals surface area contributed by atoms with Crippen LogP contribution in [0.5, 0.6) is 0 Å². The van der Waals surface area contributed by atoms with Crippen molar-refractivity contribution in [3.63, 3.8) is 0 Å². The number of aliphatic hydroxyl groups is 1. The van der Waals surface area contributed by atoms with Crippen molar-refractivity contribution < 1.29 is 36.3 Å². The monoisotopic (exact) mass is 654 g/mol. The number of amides is 2. The Balaban J connectivity index is 1.42. The summed E-state index contributed by atoms with van der Waals surface area (Å²) in [6.07, 6.45) is -0.923. The minimum absolute atomic E-state index is 0.0117. The second-order valence-corrected chi connectivity index (χ2v) is 14.3. The number of aromatic nitrogens is 2. The Hall–Kier alpha value is -3.01. The van der Waals surface area contributed by atoms with Crippen LogP contribution in [0.25, 0.3) is 11.3 Å². The number of likely N-dealkylation sites (tertiary alicyclic amines) is 2. The van der Waals surface area contributed by atoms with Crippen LogP contribution in [-0.2, 0) is 51.8 Å². The van der Waals surface area contributed by atoms with Crippen molar-refractivity contribution in [3.8, 4) is 11.3 Å². The van der Waals surface area contributed by atoms with Gasteiger partial charge in [-0.3, -0.25) is 14.3 Å². The third kappa shape index (κ3) is 7.87. The van der Waals surface area contributed by atoms with Crippen LogP contribution in [0, 0.1) is 5.92 Å². The van der Waals surface area contributed by atoms with Crippen LogP contribution in [0.4, 0.5) is 13.2 Å². The molecule has 1 atom stereocenters. The van der Waals surface area contributed by atoms with Crippen LogP contribution >= 0.6 is 0 Å². The van der Waals surface area contributed by atoms with Crippen LogP contribution < -0.4 is 5.32 Å². The van der Waals surface area contributed by atoms with Gasteiger partial charge in [0.15, 0.2) is 0 Å². The molecule has 0 saturated carbocycles. The number of carbonyl (C=O) groups is 2. The highest BCUT2D eigenvalue weighted by Gasteiger charge is 2.35. The minimum Gasteiger partial charge on any atom is -0.390 e. The normalized spacial score (nSPS) is 19.5. The first-order valence-corrected chi connectivity index (χ1v) is 17.2. The summed E-state index contributed by atoms with van der Waals surface area (Å²) in [6, 6.07) is 3.64. The zero-order chi connectivity index (χ0) is 32.5. The molecule has 4 heterocycles. The quantitative estimate of drug-likeness (QED) is 0.425.